The molecule has 1 aromatic carbocycles. The summed E-state index contributed by atoms with van der Waals surface area (Å²) in [4.78, 5) is 31.9. The highest BCUT2D eigenvalue weighted by Crippen LogP contribution is 2.40. The van der Waals surface area contributed by atoms with Crippen molar-refractivity contribution >= 4 is 28.7 Å². The van der Waals surface area contributed by atoms with Crippen molar-refractivity contribution in [1.82, 2.24) is 9.38 Å². The maximum Gasteiger partial charge on any atom is 0.276 e. The third-order valence-electron chi connectivity index (χ3n) is 5.73. The molecule has 6 nitrogen and oxygen atoms in total. The van der Waals surface area contributed by atoms with Gasteiger partial charge in [-0.3, -0.25) is 9.59 Å². The van der Waals surface area contributed by atoms with Crippen LogP contribution in [0.1, 0.15) is 54.5 Å². The minimum absolute atomic E-state index is 0.0322. The van der Waals surface area contributed by atoms with E-state index in [9.17, 15) is 9.59 Å². The highest BCUT2D eigenvalue weighted by molar-refractivity contribution is 6.08. The third kappa shape index (κ3) is 3.09. The number of fused-ring (bicyclic) bond motifs is 2. The van der Waals surface area contributed by atoms with E-state index >= 15 is 0 Å². The second-order valence-corrected chi connectivity index (χ2v) is 8.24. The molecule has 5 rings (SSSR count). The average Bonchev–Trinajstić information content (AvgIpc) is 3.36. The van der Waals surface area contributed by atoms with Gasteiger partial charge in [-0.1, -0.05) is 19.9 Å². The Hall–Kier alpha value is -3.15. The number of imidazole rings is 1. The number of aromatic nitrogens is 2. The molecule has 3 aromatic rings. The predicted molar refractivity (Wildman–Crippen MR) is 112 cm³/mol. The third-order valence-corrected chi connectivity index (χ3v) is 5.73. The monoisotopic (exact) mass is 388 g/mol. The maximum atomic E-state index is 13.0. The van der Waals surface area contributed by atoms with Crippen LogP contribution in [0.25, 0.3) is 5.52 Å². The van der Waals surface area contributed by atoms with Crippen LogP contribution >= 0.6 is 0 Å². The first-order chi connectivity index (χ1) is 14.0. The zero-order valence-corrected chi connectivity index (χ0v) is 16.7. The van der Waals surface area contributed by atoms with Crippen LogP contribution in [0.2, 0.25) is 0 Å². The number of rotatable bonds is 4. The van der Waals surface area contributed by atoms with Gasteiger partial charge in [0.2, 0.25) is 5.91 Å². The summed E-state index contributed by atoms with van der Waals surface area (Å²) in [5, 5.41) is 3.00. The van der Waals surface area contributed by atoms with Crippen molar-refractivity contribution in [3.63, 3.8) is 0 Å². The van der Waals surface area contributed by atoms with Crippen LogP contribution in [0, 0.1) is 5.92 Å². The molecule has 0 bridgehead atoms. The molecule has 1 aliphatic heterocycles. The molecule has 0 radical (unpaired) electrons. The predicted octanol–water partition coefficient (Wildman–Crippen LogP) is 4.01. The van der Waals surface area contributed by atoms with Crippen LogP contribution in [0.4, 0.5) is 11.4 Å². The Morgan fingerprint density at radius 2 is 2.00 bits per heavy atom. The van der Waals surface area contributed by atoms with Crippen LogP contribution in [0.5, 0.6) is 0 Å². The summed E-state index contributed by atoms with van der Waals surface area (Å²) in [7, 11) is 0. The molecule has 6 heteroatoms. The number of hydrogen-bond acceptors (Lipinski definition) is 3. The number of carbonyl (C=O) groups is 2. The van der Waals surface area contributed by atoms with Gasteiger partial charge in [0.05, 0.1) is 5.52 Å². The quantitative estimate of drug-likeness (QED) is 0.734. The highest BCUT2D eigenvalue weighted by Gasteiger charge is 2.31. The second kappa shape index (κ2) is 6.72. The Labute approximate surface area is 169 Å². The van der Waals surface area contributed by atoms with Gasteiger partial charge in [0, 0.05) is 36.0 Å². The van der Waals surface area contributed by atoms with E-state index in [2.05, 4.69) is 10.3 Å². The molecule has 1 saturated carbocycles. The van der Waals surface area contributed by atoms with Gasteiger partial charge in [-0.25, -0.2) is 4.98 Å². The molecule has 2 aliphatic rings. The van der Waals surface area contributed by atoms with Crippen molar-refractivity contribution in [3.8, 4) is 0 Å². The average molecular weight is 388 g/mol. The van der Waals surface area contributed by atoms with Gasteiger partial charge in [-0.15, -0.1) is 0 Å². The van der Waals surface area contributed by atoms with Crippen molar-refractivity contribution in [2.24, 2.45) is 5.92 Å². The van der Waals surface area contributed by atoms with Gasteiger partial charge in [-0.2, -0.15) is 0 Å². The largest absolute Gasteiger partial charge is 0.321 e. The Morgan fingerprint density at radius 3 is 2.76 bits per heavy atom. The van der Waals surface area contributed by atoms with Gasteiger partial charge in [0.1, 0.15) is 5.82 Å². The van der Waals surface area contributed by atoms with Crippen LogP contribution in [0.15, 0.2) is 42.6 Å². The number of hydrogen-bond donors (Lipinski definition) is 1. The summed E-state index contributed by atoms with van der Waals surface area (Å²) in [6, 6.07) is 11.6. The molecular formula is C23H24N4O2. The van der Waals surface area contributed by atoms with E-state index in [0.717, 1.165) is 47.5 Å². The number of nitrogens with one attached hydrogen (secondary N) is 1. The van der Waals surface area contributed by atoms with Crippen molar-refractivity contribution in [1.29, 1.82) is 0 Å². The van der Waals surface area contributed by atoms with Crippen LogP contribution < -0.4 is 10.2 Å². The lowest BCUT2D eigenvalue weighted by molar-refractivity contribution is -0.121. The van der Waals surface area contributed by atoms with Crippen LogP contribution in [-0.2, 0) is 11.2 Å². The number of anilines is 2. The van der Waals surface area contributed by atoms with Gasteiger partial charge in [0.15, 0.2) is 5.69 Å². The molecule has 0 unspecified atom stereocenters. The lowest BCUT2D eigenvalue weighted by Crippen LogP contribution is -2.32. The first-order valence-electron chi connectivity index (χ1n) is 10.3. The summed E-state index contributed by atoms with van der Waals surface area (Å²) < 4.78 is 2.03. The fourth-order valence-corrected chi connectivity index (χ4v) is 4.07. The highest BCUT2D eigenvalue weighted by atomic mass is 16.2. The molecule has 0 atom stereocenters. The standard InChI is InChI=1S/C23H24N4O2/c1-14(2)23(29)27-12-10-16-13-17(8-9-18(16)27)24-22(28)20-19-5-3-4-11-26(19)21(25-20)15-6-7-15/h3-5,8-9,11,13-15H,6-7,10,12H2,1-2H3,(H,24,28). The molecule has 1 aliphatic carbocycles. The molecule has 148 valence electrons. The lowest BCUT2D eigenvalue weighted by Gasteiger charge is -2.19. The van der Waals surface area contributed by atoms with Gasteiger partial charge < -0.3 is 14.6 Å². The maximum absolute atomic E-state index is 13.0. The van der Waals surface area contributed by atoms with E-state index in [1.165, 1.54) is 0 Å². The number of nitrogens with zero attached hydrogens (tertiary/aromatic N) is 3. The molecule has 2 aromatic heterocycles. The van der Waals surface area contributed by atoms with Crippen LogP contribution in [-0.4, -0.2) is 27.7 Å². The van der Waals surface area contributed by atoms with Crippen molar-refractivity contribution in [2.45, 2.75) is 39.0 Å². The lowest BCUT2D eigenvalue weighted by atomic mass is 10.1. The SMILES string of the molecule is CC(C)C(=O)N1CCc2cc(NC(=O)c3nc(C4CC4)n4ccccc34)ccc21. The molecule has 0 spiro atoms. The first kappa shape index (κ1) is 17.9. The zero-order chi connectivity index (χ0) is 20.1. The Balaban J connectivity index is 1.41. The number of benzene rings is 1. The van der Waals surface area contributed by atoms with Crippen molar-refractivity contribution < 1.29 is 9.59 Å². The second-order valence-electron chi connectivity index (χ2n) is 8.24. The fourth-order valence-electron chi connectivity index (χ4n) is 4.07. The summed E-state index contributed by atoms with van der Waals surface area (Å²) in [6.45, 7) is 4.53. The van der Waals surface area contributed by atoms with E-state index in [1.54, 1.807) is 0 Å². The normalized spacial score (nSPS) is 15.8. The summed E-state index contributed by atoms with van der Waals surface area (Å²) in [5.74, 6) is 1.33. The molecule has 2 amide bonds. The molecule has 1 fully saturated rings. The number of amides is 2. The molecule has 29 heavy (non-hydrogen) atoms. The molecule has 0 saturated heterocycles. The molecular weight excluding hydrogens is 364 g/mol. The first-order valence-corrected chi connectivity index (χ1v) is 10.3. The Bertz CT molecular complexity index is 1130. The Morgan fingerprint density at radius 1 is 1.17 bits per heavy atom. The van der Waals surface area contributed by atoms with E-state index < -0.39 is 0 Å². The smallest absolute Gasteiger partial charge is 0.276 e. The van der Waals surface area contributed by atoms with E-state index in [4.69, 9.17) is 0 Å². The number of carbonyl (C=O) groups excluding carboxylic acids is 2. The van der Waals surface area contributed by atoms with Crippen molar-refractivity contribution in [3.05, 3.63) is 59.7 Å². The van der Waals surface area contributed by atoms with E-state index in [0.29, 0.717) is 18.2 Å². The van der Waals surface area contributed by atoms with Gasteiger partial charge in [-0.05, 0) is 55.2 Å². The Kier molecular flexibility index (Phi) is 4.15. The fraction of sp³-hybridized carbons (Fsp3) is 0.348. The zero-order valence-electron chi connectivity index (χ0n) is 16.7. The summed E-state index contributed by atoms with van der Waals surface area (Å²) in [6.07, 6.45) is 5.04. The molecule has 1 N–H and O–H groups in total. The summed E-state index contributed by atoms with van der Waals surface area (Å²) >= 11 is 0. The van der Waals surface area contributed by atoms with E-state index in [-0.39, 0.29) is 17.7 Å². The van der Waals surface area contributed by atoms with E-state index in [1.807, 2.05) is 65.7 Å². The topological polar surface area (TPSA) is 66.7 Å². The molecule has 3 heterocycles. The van der Waals surface area contributed by atoms with Crippen molar-refractivity contribution in [2.75, 3.05) is 16.8 Å². The number of pyridine rings is 1. The summed E-state index contributed by atoms with van der Waals surface area (Å²) in [5.41, 5.74) is 4.07. The van der Waals surface area contributed by atoms with Crippen LogP contribution in [0.3, 0.4) is 0 Å². The minimum Gasteiger partial charge on any atom is -0.321 e. The minimum atomic E-state index is -0.200. The van der Waals surface area contributed by atoms with Gasteiger partial charge >= 0.3 is 0 Å². The van der Waals surface area contributed by atoms with Gasteiger partial charge in [0.25, 0.3) is 5.91 Å².